The number of rotatable bonds is 3. The first-order valence-electron chi connectivity index (χ1n) is 4.82. The van der Waals surface area contributed by atoms with Crippen molar-refractivity contribution in [2.75, 3.05) is 6.61 Å². The zero-order valence-corrected chi connectivity index (χ0v) is 9.19. The molecule has 2 nitrogen and oxygen atoms in total. The molecule has 0 aliphatic heterocycles. The van der Waals surface area contributed by atoms with E-state index in [1.165, 1.54) is 6.92 Å². The molecule has 0 saturated carbocycles. The third kappa shape index (κ3) is 2.75. The molecule has 1 aromatic carbocycles. The Balaban J connectivity index is 3.53. The van der Waals surface area contributed by atoms with E-state index in [0.717, 1.165) is 6.92 Å². The second-order valence-corrected chi connectivity index (χ2v) is 3.29. The number of ketones is 1. The summed E-state index contributed by atoms with van der Waals surface area (Å²) in [5.74, 6) is -2.51. The summed E-state index contributed by atoms with van der Waals surface area (Å²) < 4.78 is 56.0. The molecule has 0 spiro atoms. The third-order valence-corrected chi connectivity index (χ3v) is 2.06. The van der Waals surface area contributed by atoms with E-state index in [-0.39, 0.29) is 6.61 Å². The van der Waals surface area contributed by atoms with Crippen LogP contribution in [0.1, 0.15) is 29.8 Å². The number of benzene rings is 1. The number of hydrogen-bond acceptors (Lipinski definition) is 2. The molecule has 0 unspecified atom stereocenters. The lowest BCUT2D eigenvalue weighted by atomic mass is 10.0. The van der Waals surface area contributed by atoms with E-state index in [2.05, 4.69) is 0 Å². The van der Waals surface area contributed by atoms with Crippen LogP contribution in [0.15, 0.2) is 12.1 Å². The molecule has 6 heteroatoms. The smallest absolute Gasteiger partial charge is 0.417 e. The van der Waals surface area contributed by atoms with E-state index < -0.39 is 34.7 Å². The van der Waals surface area contributed by atoms with Gasteiger partial charge in [-0.15, -0.1) is 0 Å². The Morgan fingerprint density at radius 1 is 1.35 bits per heavy atom. The minimum Gasteiger partial charge on any atom is -0.490 e. The van der Waals surface area contributed by atoms with E-state index in [4.69, 9.17) is 4.74 Å². The quantitative estimate of drug-likeness (QED) is 0.606. The van der Waals surface area contributed by atoms with Crippen LogP contribution in [0.25, 0.3) is 0 Å². The van der Waals surface area contributed by atoms with Crippen molar-refractivity contribution in [3.05, 3.63) is 29.1 Å². The van der Waals surface area contributed by atoms with Gasteiger partial charge in [-0.1, -0.05) is 0 Å². The molecular weight excluding hydrogens is 240 g/mol. The van der Waals surface area contributed by atoms with E-state index in [9.17, 15) is 22.4 Å². The summed E-state index contributed by atoms with van der Waals surface area (Å²) in [6, 6.07) is 1.18. The van der Waals surface area contributed by atoms with Gasteiger partial charge < -0.3 is 4.74 Å². The highest BCUT2D eigenvalue weighted by Gasteiger charge is 2.37. The minimum absolute atomic E-state index is 0.0293. The van der Waals surface area contributed by atoms with Gasteiger partial charge in [0.1, 0.15) is 0 Å². The SMILES string of the molecule is CCOc1c(F)ccc(C(F)(F)F)c1C(C)=O. The highest BCUT2D eigenvalue weighted by molar-refractivity contribution is 5.98. The Labute approximate surface area is 95.2 Å². The number of alkyl halides is 3. The van der Waals surface area contributed by atoms with Crippen molar-refractivity contribution < 1.29 is 27.1 Å². The van der Waals surface area contributed by atoms with Crippen molar-refractivity contribution in [2.24, 2.45) is 0 Å². The Morgan fingerprint density at radius 3 is 2.35 bits per heavy atom. The highest BCUT2D eigenvalue weighted by atomic mass is 19.4. The number of carbonyl (C=O) groups is 1. The van der Waals surface area contributed by atoms with Gasteiger partial charge in [0.05, 0.1) is 17.7 Å². The van der Waals surface area contributed by atoms with Crippen LogP contribution in [-0.2, 0) is 6.18 Å². The van der Waals surface area contributed by atoms with Crippen molar-refractivity contribution in [1.29, 1.82) is 0 Å². The number of halogens is 4. The number of carbonyl (C=O) groups excluding carboxylic acids is 1. The number of Topliss-reactive ketones (excluding diaryl/α,β-unsaturated/α-hetero) is 1. The first-order valence-corrected chi connectivity index (χ1v) is 4.82. The first-order chi connectivity index (χ1) is 7.79. The summed E-state index contributed by atoms with van der Waals surface area (Å²) in [6.45, 7) is 2.40. The van der Waals surface area contributed by atoms with Crippen LogP contribution in [0.2, 0.25) is 0 Å². The molecule has 0 bridgehead atoms. The van der Waals surface area contributed by atoms with Crippen LogP contribution in [0.5, 0.6) is 5.75 Å². The average molecular weight is 250 g/mol. The summed E-state index contributed by atoms with van der Waals surface area (Å²) in [5, 5.41) is 0. The topological polar surface area (TPSA) is 26.3 Å². The van der Waals surface area contributed by atoms with Crippen LogP contribution in [-0.4, -0.2) is 12.4 Å². The fourth-order valence-electron chi connectivity index (χ4n) is 1.43. The van der Waals surface area contributed by atoms with E-state index >= 15 is 0 Å². The average Bonchev–Trinajstić information content (AvgIpc) is 2.18. The van der Waals surface area contributed by atoms with Crippen LogP contribution < -0.4 is 4.74 Å². The maximum Gasteiger partial charge on any atom is 0.417 e. The summed E-state index contributed by atoms with van der Waals surface area (Å²) in [4.78, 5) is 11.2. The molecule has 0 heterocycles. The van der Waals surface area contributed by atoms with E-state index in [0.29, 0.717) is 12.1 Å². The van der Waals surface area contributed by atoms with E-state index in [1.54, 1.807) is 0 Å². The summed E-state index contributed by atoms with van der Waals surface area (Å²) >= 11 is 0. The van der Waals surface area contributed by atoms with Crippen molar-refractivity contribution >= 4 is 5.78 Å². The fourth-order valence-corrected chi connectivity index (χ4v) is 1.43. The predicted octanol–water partition coefficient (Wildman–Crippen LogP) is 3.45. The molecule has 0 aliphatic rings. The van der Waals surface area contributed by atoms with Gasteiger partial charge in [0.15, 0.2) is 17.3 Å². The van der Waals surface area contributed by atoms with Crippen LogP contribution in [0.4, 0.5) is 17.6 Å². The Hall–Kier alpha value is -1.59. The standard InChI is InChI=1S/C11H10F4O2/c1-3-17-10-8(12)5-4-7(11(13,14)15)9(10)6(2)16/h4-5H,3H2,1-2H3. The Bertz CT molecular complexity index is 438. The van der Waals surface area contributed by atoms with Crippen LogP contribution >= 0.6 is 0 Å². The lowest BCUT2D eigenvalue weighted by molar-refractivity contribution is -0.138. The van der Waals surface area contributed by atoms with Crippen molar-refractivity contribution in [1.82, 2.24) is 0 Å². The van der Waals surface area contributed by atoms with Gasteiger partial charge in [0.2, 0.25) is 0 Å². The normalized spacial score (nSPS) is 11.4. The van der Waals surface area contributed by atoms with Crippen molar-refractivity contribution in [3.63, 3.8) is 0 Å². The van der Waals surface area contributed by atoms with Gasteiger partial charge in [-0.05, 0) is 26.0 Å². The molecule has 0 saturated heterocycles. The molecule has 0 radical (unpaired) electrons. The monoisotopic (exact) mass is 250 g/mol. The molecule has 0 N–H and O–H groups in total. The van der Waals surface area contributed by atoms with Gasteiger partial charge in [0, 0.05) is 0 Å². The van der Waals surface area contributed by atoms with Crippen molar-refractivity contribution in [2.45, 2.75) is 20.0 Å². The first kappa shape index (κ1) is 13.5. The molecule has 1 rings (SSSR count). The Morgan fingerprint density at radius 2 is 1.94 bits per heavy atom. The molecule has 1 aromatic rings. The third-order valence-electron chi connectivity index (χ3n) is 2.06. The minimum atomic E-state index is -4.72. The van der Waals surface area contributed by atoms with Crippen molar-refractivity contribution in [3.8, 4) is 5.75 Å². The molecule has 0 fully saturated rings. The molecule has 0 amide bonds. The van der Waals surface area contributed by atoms with Gasteiger partial charge in [-0.3, -0.25) is 4.79 Å². The molecule has 94 valence electrons. The zero-order valence-electron chi connectivity index (χ0n) is 9.19. The largest absolute Gasteiger partial charge is 0.490 e. The molecule has 17 heavy (non-hydrogen) atoms. The number of ether oxygens (including phenoxy) is 1. The second kappa shape index (κ2) is 4.73. The second-order valence-electron chi connectivity index (χ2n) is 3.29. The van der Waals surface area contributed by atoms with Gasteiger partial charge in [-0.25, -0.2) is 4.39 Å². The Kier molecular flexibility index (Phi) is 3.75. The predicted molar refractivity (Wildman–Crippen MR) is 52.6 cm³/mol. The van der Waals surface area contributed by atoms with E-state index in [1.807, 2.05) is 0 Å². The maximum atomic E-state index is 13.3. The van der Waals surface area contributed by atoms with Crippen LogP contribution in [0, 0.1) is 5.82 Å². The molecular formula is C11H10F4O2. The van der Waals surface area contributed by atoms with Gasteiger partial charge >= 0.3 is 6.18 Å². The molecule has 0 aromatic heterocycles. The summed E-state index contributed by atoms with van der Waals surface area (Å²) in [6.07, 6.45) is -4.72. The lowest BCUT2D eigenvalue weighted by Gasteiger charge is -2.15. The highest BCUT2D eigenvalue weighted by Crippen LogP contribution is 2.37. The van der Waals surface area contributed by atoms with Crippen LogP contribution in [0.3, 0.4) is 0 Å². The molecule has 0 aliphatic carbocycles. The van der Waals surface area contributed by atoms with Gasteiger partial charge in [-0.2, -0.15) is 13.2 Å². The fraction of sp³-hybridized carbons (Fsp3) is 0.364. The lowest BCUT2D eigenvalue weighted by Crippen LogP contribution is -2.14. The number of hydrogen-bond donors (Lipinski definition) is 0. The summed E-state index contributed by atoms with van der Waals surface area (Å²) in [5.41, 5.74) is -1.95. The zero-order chi connectivity index (χ0) is 13.2. The van der Waals surface area contributed by atoms with Gasteiger partial charge in [0.25, 0.3) is 0 Å². The maximum absolute atomic E-state index is 13.3. The molecule has 0 atom stereocenters. The summed E-state index contributed by atoms with van der Waals surface area (Å²) in [7, 11) is 0.